The van der Waals surface area contributed by atoms with Gasteiger partial charge < -0.3 is 9.67 Å². The largest absolute Gasteiger partial charge is 0.477 e. The molecule has 4 aromatic rings. The highest BCUT2D eigenvalue weighted by atomic mass is 79.9. The first-order valence-electron chi connectivity index (χ1n) is 9.98. The Morgan fingerprint density at radius 3 is 2.36 bits per heavy atom. The van der Waals surface area contributed by atoms with Gasteiger partial charge in [-0.3, -0.25) is 19.6 Å². The zero-order valence-corrected chi connectivity index (χ0v) is 19.4. The number of aryl methyl sites for hydroxylation is 1. The summed E-state index contributed by atoms with van der Waals surface area (Å²) >= 11 is 3.50. The van der Waals surface area contributed by atoms with Crippen LogP contribution in [0.4, 0.5) is 5.69 Å². The van der Waals surface area contributed by atoms with Gasteiger partial charge in [-0.15, -0.1) is 0 Å². The maximum atomic E-state index is 12.9. The lowest BCUT2D eigenvalue weighted by Crippen LogP contribution is -2.19. The minimum Gasteiger partial charge on any atom is -0.477 e. The summed E-state index contributed by atoms with van der Waals surface area (Å²) in [4.78, 5) is 35.1. The zero-order chi connectivity index (χ0) is 23.9. The van der Waals surface area contributed by atoms with Crippen LogP contribution >= 0.6 is 15.9 Å². The Morgan fingerprint density at radius 1 is 1.12 bits per heavy atom. The standard InChI is InChI=1S/C23H19BrN4O5/c1-13-21(24)14(2)27(25-13)11-16-5-8-20-18(9-16)22(29)19(23(30)31)12-26(20)10-15-3-6-17(7-4-15)28(32)33/h3-9,12H,10-11H2,1-2H3,(H,30,31). The number of carbonyl (C=O) groups is 1. The number of pyridine rings is 1. The first kappa shape index (κ1) is 22.4. The highest BCUT2D eigenvalue weighted by Gasteiger charge is 2.16. The lowest BCUT2D eigenvalue weighted by Gasteiger charge is -2.14. The van der Waals surface area contributed by atoms with Crippen molar-refractivity contribution in [3.8, 4) is 0 Å². The number of hydrogen-bond acceptors (Lipinski definition) is 5. The molecule has 168 valence electrons. The fraction of sp³-hybridized carbons (Fsp3) is 0.174. The molecule has 0 unspecified atom stereocenters. The summed E-state index contributed by atoms with van der Waals surface area (Å²) in [7, 11) is 0. The molecule has 0 radical (unpaired) electrons. The Morgan fingerprint density at radius 2 is 1.79 bits per heavy atom. The molecule has 2 aromatic heterocycles. The van der Waals surface area contributed by atoms with Crippen molar-refractivity contribution < 1.29 is 14.8 Å². The van der Waals surface area contributed by atoms with E-state index in [2.05, 4.69) is 21.0 Å². The second-order valence-corrected chi connectivity index (χ2v) is 8.52. The summed E-state index contributed by atoms with van der Waals surface area (Å²) in [5.41, 5.74) is 2.98. The number of benzene rings is 2. The smallest absolute Gasteiger partial charge is 0.341 e. The fourth-order valence-electron chi connectivity index (χ4n) is 3.75. The number of fused-ring (bicyclic) bond motifs is 1. The third-order valence-corrected chi connectivity index (χ3v) is 6.65. The van der Waals surface area contributed by atoms with Crippen LogP contribution < -0.4 is 5.43 Å². The molecule has 2 heterocycles. The van der Waals surface area contributed by atoms with E-state index >= 15 is 0 Å². The van der Waals surface area contributed by atoms with E-state index in [4.69, 9.17) is 0 Å². The predicted octanol–water partition coefficient (Wildman–Crippen LogP) is 4.28. The summed E-state index contributed by atoms with van der Waals surface area (Å²) < 4.78 is 4.41. The second-order valence-electron chi connectivity index (χ2n) is 7.72. The average molecular weight is 511 g/mol. The van der Waals surface area contributed by atoms with Crippen molar-refractivity contribution in [2.24, 2.45) is 0 Å². The van der Waals surface area contributed by atoms with E-state index < -0.39 is 16.3 Å². The third-order valence-electron chi connectivity index (χ3n) is 5.50. The van der Waals surface area contributed by atoms with Gasteiger partial charge >= 0.3 is 5.97 Å². The summed E-state index contributed by atoms with van der Waals surface area (Å²) in [6, 6.07) is 11.4. The topological polar surface area (TPSA) is 120 Å². The van der Waals surface area contributed by atoms with Crippen LogP contribution in [-0.4, -0.2) is 30.3 Å². The normalized spacial score (nSPS) is 11.1. The number of nitrogens with zero attached hydrogens (tertiary/aromatic N) is 4. The molecule has 0 aliphatic heterocycles. The van der Waals surface area contributed by atoms with Crippen LogP contribution in [0.25, 0.3) is 10.9 Å². The first-order chi connectivity index (χ1) is 15.7. The molecule has 0 fully saturated rings. The van der Waals surface area contributed by atoms with Gasteiger partial charge in [0.15, 0.2) is 0 Å². The number of carboxylic acid groups (broad SMARTS) is 1. The van der Waals surface area contributed by atoms with Gasteiger partial charge in [0.25, 0.3) is 5.69 Å². The lowest BCUT2D eigenvalue weighted by molar-refractivity contribution is -0.384. The van der Waals surface area contributed by atoms with Crippen molar-refractivity contribution in [1.29, 1.82) is 0 Å². The molecule has 1 N–H and O–H groups in total. The number of aromatic nitrogens is 3. The Balaban J connectivity index is 1.79. The van der Waals surface area contributed by atoms with Crippen LogP contribution in [0.5, 0.6) is 0 Å². The summed E-state index contributed by atoms with van der Waals surface area (Å²) in [6.07, 6.45) is 1.31. The van der Waals surface area contributed by atoms with Crippen molar-refractivity contribution in [2.45, 2.75) is 26.9 Å². The molecule has 0 aliphatic rings. The highest BCUT2D eigenvalue weighted by Crippen LogP contribution is 2.22. The predicted molar refractivity (Wildman–Crippen MR) is 126 cm³/mol. The number of aromatic carboxylic acids is 1. The minimum absolute atomic E-state index is 0.0323. The molecule has 4 rings (SSSR count). The molecule has 33 heavy (non-hydrogen) atoms. The monoisotopic (exact) mass is 510 g/mol. The van der Waals surface area contributed by atoms with Crippen LogP contribution in [0, 0.1) is 24.0 Å². The first-order valence-corrected chi connectivity index (χ1v) is 10.8. The Hall–Kier alpha value is -3.79. The second kappa shape index (κ2) is 8.62. The molecular formula is C23H19BrN4O5. The van der Waals surface area contributed by atoms with Gasteiger partial charge in [0.1, 0.15) is 5.56 Å². The number of non-ortho nitro benzene ring substituents is 1. The summed E-state index contributed by atoms with van der Waals surface area (Å²) in [5, 5.41) is 25.3. The van der Waals surface area contributed by atoms with E-state index in [0.717, 1.165) is 27.0 Å². The van der Waals surface area contributed by atoms with Gasteiger partial charge in [-0.1, -0.05) is 18.2 Å². The third kappa shape index (κ3) is 4.29. The molecule has 0 aliphatic carbocycles. The molecule has 0 spiro atoms. The van der Waals surface area contributed by atoms with Gasteiger partial charge in [0, 0.05) is 30.3 Å². The number of halogens is 1. The molecule has 0 amide bonds. The van der Waals surface area contributed by atoms with Gasteiger partial charge in [-0.25, -0.2) is 4.79 Å². The number of carboxylic acids is 1. The molecule has 0 saturated carbocycles. The molecule has 9 nitrogen and oxygen atoms in total. The Bertz CT molecular complexity index is 1470. The van der Waals surface area contributed by atoms with Crippen LogP contribution in [0.2, 0.25) is 0 Å². The van der Waals surface area contributed by atoms with E-state index in [0.29, 0.717) is 12.1 Å². The number of nitro groups is 1. The van der Waals surface area contributed by atoms with E-state index in [1.54, 1.807) is 28.8 Å². The maximum Gasteiger partial charge on any atom is 0.341 e. The van der Waals surface area contributed by atoms with Gasteiger partial charge in [-0.2, -0.15) is 5.10 Å². The van der Waals surface area contributed by atoms with Crippen LogP contribution in [0.1, 0.15) is 32.9 Å². The number of nitro benzene ring substituents is 1. The van der Waals surface area contributed by atoms with Crippen LogP contribution in [-0.2, 0) is 13.1 Å². The van der Waals surface area contributed by atoms with Crippen molar-refractivity contribution in [2.75, 3.05) is 0 Å². The SMILES string of the molecule is Cc1nn(Cc2ccc3c(c2)c(=O)c(C(=O)O)cn3Cc2ccc([N+](=O)[O-])cc2)c(C)c1Br. The highest BCUT2D eigenvalue weighted by molar-refractivity contribution is 9.10. The van der Waals surface area contributed by atoms with Gasteiger partial charge in [0.2, 0.25) is 5.43 Å². The lowest BCUT2D eigenvalue weighted by atomic mass is 10.1. The van der Waals surface area contributed by atoms with E-state index in [-0.39, 0.29) is 23.2 Å². The molecule has 0 bridgehead atoms. The quantitative estimate of drug-likeness (QED) is 0.305. The Kier molecular flexibility index (Phi) is 5.86. The minimum atomic E-state index is -1.31. The van der Waals surface area contributed by atoms with Crippen molar-refractivity contribution >= 4 is 38.5 Å². The number of hydrogen-bond donors (Lipinski definition) is 1. The molecule has 10 heteroatoms. The summed E-state index contributed by atoms with van der Waals surface area (Å²) in [5.74, 6) is -1.31. The summed E-state index contributed by atoms with van der Waals surface area (Å²) in [6.45, 7) is 4.50. The maximum absolute atomic E-state index is 12.9. The van der Waals surface area contributed by atoms with Gasteiger partial charge in [-0.05, 0) is 53.0 Å². The van der Waals surface area contributed by atoms with E-state index in [1.807, 2.05) is 24.6 Å². The number of rotatable bonds is 6. The molecular weight excluding hydrogens is 492 g/mol. The van der Waals surface area contributed by atoms with Crippen molar-refractivity contribution in [3.05, 3.63) is 102 Å². The van der Waals surface area contributed by atoms with Crippen molar-refractivity contribution in [3.63, 3.8) is 0 Å². The molecule has 0 atom stereocenters. The van der Waals surface area contributed by atoms with Crippen LogP contribution in [0.3, 0.4) is 0 Å². The Labute approximate surface area is 196 Å². The fourth-order valence-corrected chi connectivity index (χ4v) is 4.03. The van der Waals surface area contributed by atoms with E-state index in [9.17, 15) is 24.8 Å². The van der Waals surface area contributed by atoms with E-state index in [1.165, 1.54) is 18.3 Å². The van der Waals surface area contributed by atoms with Gasteiger partial charge in [0.05, 0.1) is 32.8 Å². The van der Waals surface area contributed by atoms with Crippen molar-refractivity contribution in [1.82, 2.24) is 14.3 Å². The molecule has 0 saturated heterocycles. The molecule has 2 aromatic carbocycles. The average Bonchev–Trinajstić information content (AvgIpc) is 3.02. The zero-order valence-electron chi connectivity index (χ0n) is 17.8. The van der Waals surface area contributed by atoms with Crippen LogP contribution in [0.15, 0.2) is 57.9 Å².